The van der Waals surface area contributed by atoms with Crippen LogP contribution in [0.25, 0.3) is 32.8 Å². The molecule has 1 aromatic heterocycles. The van der Waals surface area contributed by atoms with Crippen molar-refractivity contribution in [2.45, 2.75) is 12.3 Å². The van der Waals surface area contributed by atoms with E-state index in [1.165, 1.54) is 0 Å². The Bertz CT molecular complexity index is 1660. The van der Waals surface area contributed by atoms with Crippen LogP contribution in [0.5, 0.6) is 23.0 Å². The van der Waals surface area contributed by atoms with Gasteiger partial charge in [-0.3, -0.25) is 4.79 Å². The molecule has 0 saturated heterocycles. The van der Waals surface area contributed by atoms with Crippen molar-refractivity contribution in [3.8, 4) is 23.0 Å². The Hall–Kier alpha value is -4.39. The van der Waals surface area contributed by atoms with Gasteiger partial charge in [0.05, 0.1) is 35.6 Å². The van der Waals surface area contributed by atoms with Crippen molar-refractivity contribution in [2.75, 3.05) is 20.3 Å². The first-order valence-electron chi connectivity index (χ1n) is 11.5. The summed E-state index contributed by atoms with van der Waals surface area (Å²) in [7, 11) is 1.60. The minimum atomic E-state index is -0.321. The van der Waals surface area contributed by atoms with Crippen LogP contribution in [0.1, 0.15) is 23.5 Å². The van der Waals surface area contributed by atoms with E-state index in [9.17, 15) is 4.79 Å². The zero-order chi connectivity index (χ0) is 23.5. The van der Waals surface area contributed by atoms with Gasteiger partial charge in [-0.1, -0.05) is 36.4 Å². The van der Waals surface area contributed by atoms with Gasteiger partial charge in [0, 0.05) is 22.3 Å². The van der Waals surface area contributed by atoms with Gasteiger partial charge in [-0.2, -0.15) is 0 Å². The average molecular weight is 464 g/mol. The number of carbonyl (C=O) groups excluding carboxylic acids is 1. The van der Waals surface area contributed by atoms with Gasteiger partial charge in [0.25, 0.3) is 0 Å². The van der Waals surface area contributed by atoms with Crippen molar-refractivity contribution in [2.24, 2.45) is 0 Å². The van der Waals surface area contributed by atoms with Crippen LogP contribution in [0.2, 0.25) is 0 Å². The Morgan fingerprint density at radius 3 is 2.37 bits per heavy atom. The number of aromatic nitrogens is 2. The van der Waals surface area contributed by atoms with Crippen LogP contribution < -0.4 is 18.9 Å². The second kappa shape index (κ2) is 7.56. The maximum Gasteiger partial charge on any atom is 0.312 e. The van der Waals surface area contributed by atoms with Gasteiger partial charge in [0.1, 0.15) is 19.0 Å². The molecule has 2 aliphatic heterocycles. The first kappa shape index (κ1) is 20.0. The molecule has 0 bridgehead atoms. The maximum absolute atomic E-state index is 12.9. The summed E-state index contributed by atoms with van der Waals surface area (Å²) in [6.07, 6.45) is 0.164. The van der Waals surface area contributed by atoms with Crippen LogP contribution >= 0.6 is 0 Å². The first-order valence-corrected chi connectivity index (χ1v) is 11.5. The fourth-order valence-corrected chi connectivity index (χ4v) is 5.15. The molecule has 0 radical (unpaired) electrons. The van der Waals surface area contributed by atoms with Gasteiger partial charge >= 0.3 is 5.97 Å². The van der Waals surface area contributed by atoms with E-state index in [1.54, 1.807) is 7.11 Å². The second-order valence-electron chi connectivity index (χ2n) is 8.68. The summed E-state index contributed by atoms with van der Waals surface area (Å²) >= 11 is 0. The summed E-state index contributed by atoms with van der Waals surface area (Å²) in [6.45, 7) is 0.911. The molecule has 4 aromatic carbocycles. The number of hydrogen-bond acceptors (Lipinski definition) is 7. The third-order valence-electron chi connectivity index (χ3n) is 6.68. The van der Waals surface area contributed by atoms with E-state index in [0.29, 0.717) is 36.2 Å². The highest BCUT2D eigenvalue weighted by molar-refractivity contribution is 6.12. The maximum atomic E-state index is 12.9. The number of nitrogens with zero attached hydrogens (tertiary/aromatic N) is 2. The molecule has 0 unspecified atom stereocenters. The smallest absolute Gasteiger partial charge is 0.312 e. The largest absolute Gasteiger partial charge is 0.493 e. The number of fused-ring (bicyclic) bond motifs is 8. The Balaban J connectivity index is 1.58. The lowest BCUT2D eigenvalue weighted by Gasteiger charge is -2.29. The molecule has 0 N–H and O–H groups in total. The highest BCUT2D eigenvalue weighted by Crippen LogP contribution is 2.50. The van der Waals surface area contributed by atoms with E-state index in [4.69, 9.17) is 28.9 Å². The van der Waals surface area contributed by atoms with E-state index in [1.807, 2.05) is 60.7 Å². The molecule has 7 rings (SSSR count). The molecule has 2 aliphatic rings. The number of esters is 1. The van der Waals surface area contributed by atoms with Gasteiger partial charge in [-0.25, -0.2) is 9.97 Å². The highest BCUT2D eigenvalue weighted by Gasteiger charge is 2.35. The van der Waals surface area contributed by atoms with E-state index in [-0.39, 0.29) is 18.3 Å². The van der Waals surface area contributed by atoms with E-state index >= 15 is 0 Å². The highest BCUT2D eigenvalue weighted by atomic mass is 16.6. The summed E-state index contributed by atoms with van der Waals surface area (Å²) in [6, 6.07) is 19.5. The monoisotopic (exact) mass is 464 g/mol. The van der Waals surface area contributed by atoms with E-state index in [0.717, 1.165) is 44.0 Å². The molecule has 0 amide bonds. The number of methoxy groups -OCH3 is 1. The van der Waals surface area contributed by atoms with Crippen molar-refractivity contribution in [1.29, 1.82) is 0 Å². The van der Waals surface area contributed by atoms with Crippen LogP contribution in [-0.2, 0) is 4.79 Å². The van der Waals surface area contributed by atoms with Crippen LogP contribution in [0.3, 0.4) is 0 Å². The molecular formula is C28H20N2O5. The molecule has 3 heterocycles. The van der Waals surface area contributed by atoms with Crippen molar-refractivity contribution >= 4 is 38.8 Å². The molecule has 5 aromatic rings. The lowest BCUT2D eigenvalue weighted by molar-refractivity contribution is -0.135. The summed E-state index contributed by atoms with van der Waals surface area (Å²) in [4.78, 5) is 22.9. The third kappa shape index (κ3) is 3.01. The Morgan fingerprint density at radius 2 is 1.57 bits per heavy atom. The number of ether oxygens (including phenoxy) is 4. The average Bonchev–Trinajstić information content (AvgIpc) is 2.91. The van der Waals surface area contributed by atoms with Crippen molar-refractivity contribution in [3.05, 3.63) is 71.8 Å². The molecule has 172 valence electrons. The lowest BCUT2D eigenvalue weighted by atomic mass is 9.83. The molecule has 0 spiro atoms. The zero-order valence-electron chi connectivity index (χ0n) is 18.9. The van der Waals surface area contributed by atoms with Crippen LogP contribution in [0.15, 0.2) is 60.7 Å². The predicted octanol–water partition coefficient (Wildman–Crippen LogP) is 5.16. The van der Waals surface area contributed by atoms with Gasteiger partial charge in [-0.15, -0.1) is 0 Å². The zero-order valence-corrected chi connectivity index (χ0v) is 18.9. The molecule has 1 atom stereocenters. The van der Waals surface area contributed by atoms with Gasteiger partial charge < -0.3 is 18.9 Å². The number of para-hydroxylation sites is 2. The summed E-state index contributed by atoms with van der Waals surface area (Å²) in [5.41, 5.74) is 4.82. The molecular weight excluding hydrogens is 444 g/mol. The predicted molar refractivity (Wildman–Crippen MR) is 131 cm³/mol. The molecule has 0 aliphatic carbocycles. The SMILES string of the molecule is COc1cc([C@H]2CC(=O)Oc3c2c2nc4ccccc4nc2c2ccccc32)cc2c1OCCO2. The Kier molecular flexibility index (Phi) is 4.33. The lowest BCUT2D eigenvalue weighted by Crippen LogP contribution is -2.23. The standard InChI is InChI=1S/C28H20N2O5/c1-32-21-12-15(13-22-28(21)34-11-10-33-22)18-14-23(31)35-27-17-7-3-2-6-16(17)25-26(24(18)27)30-20-9-5-4-8-19(20)29-25/h2-9,12-13,18H,10-11,14H2,1H3/t18-/m1/s1. The first-order chi connectivity index (χ1) is 17.2. The van der Waals surface area contributed by atoms with Crippen molar-refractivity contribution in [3.63, 3.8) is 0 Å². The Labute approximate surface area is 200 Å². The van der Waals surface area contributed by atoms with Crippen LogP contribution in [0.4, 0.5) is 0 Å². The number of carbonyl (C=O) groups is 1. The summed E-state index contributed by atoms with van der Waals surface area (Å²) < 4.78 is 23.2. The number of rotatable bonds is 2. The topological polar surface area (TPSA) is 79.8 Å². The van der Waals surface area contributed by atoms with Gasteiger partial charge in [0.15, 0.2) is 11.5 Å². The third-order valence-corrected chi connectivity index (χ3v) is 6.68. The van der Waals surface area contributed by atoms with Gasteiger partial charge in [0.2, 0.25) is 5.75 Å². The molecule has 7 nitrogen and oxygen atoms in total. The summed E-state index contributed by atoms with van der Waals surface area (Å²) in [5.74, 6) is 1.67. The number of hydrogen-bond donors (Lipinski definition) is 0. The fourth-order valence-electron chi connectivity index (χ4n) is 5.15. The molecule has 0 fully saturated rings. The summed E-state index contributed by atoms with van der Waals surface area (Å²) in [5, 5.41) is 1.73. The minimum Gasteiger partial charge on any atom is -0.493 e. The second-order valence-corrected chi connectivity index (χ2v) is 8.68. The fraction of sp³-hybridized carbons (Fsp3) is 0.179. The quantitative estimate of drug-likeness (QED) is 0.155. The van der Waals surface area contributed by atoms with Crippen LogP contribution in [-0.4, -0.2) is 36.3 Å². The van der Waals surface area contributed by atoms with Crippen LogP contribution in [0, 0.1) is 0 Å². The molecule has 35 heavy (non-hydrogen) atoms. The minimum absolute atomic E-state index is 0.164. The van der Waals surface area contributed by atoms with E-state index in [2.05, 4.69) is 0 Å². The Morgan fingerprint density at radius 1 is 0.857 bits per heavy atom. The molecule has 0 saturated carbocycles. The van der Waals surface area contributed by atoms with Gasteiger partial charge in [-0.05, 0) is 29.8 Å². The van der Waals surface area contributed by atoms with Crippen molar-refractivity contribution in [1.82, 2.24) is 9.97 Å². The molecule has 7 heteroatoms. The van der Waals surface area contributed by atoms with Crippen molar-refractivity contribution < 1.29 is 23.7 Å². The normalized spacial score (nSPS) is 16.8. The van der Waals surface area contributed by atoms with E-state index < -0.39 is 0 Å². The number of benzene rings is 4.